The molecule has 0 atom stereocenters. The van der Waals surface area contributed by atoms with Gasteiger partial charge in [0.05, 0.1) is 0 Å². The van der Waals surface area contributed by atoms with Crippen molar-refractivity contribution >= 4 is 53.7 Å². The van der Waals surface area contributed by atoms with Gasteiger partial charge in [-0.25, -0.2) is 0 Å². The molecule has 0 aliphatic carbocycles. The molecule has 1 aromatic heterocycles. The monoisotopic (exact) mass is 325 g/mol. The zero-order valence-electron chi connectivity index (χ0n) is 13.0. The zero-order chi connectivity index (χ0) is 15.9. The van der Waals surface area contributed by atoms with Gasteiger partial charge in [-0.15, -0.1) is 11.3 Å². The van der Waals surface area contributed by atoms with E-state index in [1.165, 1.54) is 30.9 Å². The molecule has 0 unspecified atom stereocenters. The van der Waals surface area contributed by atoms with Gasteiger partial charge in [0.2, 0.25) is 0 Å². The van der Waals surface area contributed by atoms with Crippen molar-refractivity contribution in [3.8, 4) is 0 Å². The highest BCUT2D eigenvalue weighted by molar-refractivity contribution is 7.26. The van der Waals surface area contributed by atoms with Crippen LogP contribution in [-0.4, -0.2) is 0 Å². The van der Waals surface area contributed by atoms with Crippen LogP contribution in [0, 0.1) is 0 Å². The summed E-state index contributed by atoms with van der Waals surface area (Å²) in [4.78, 5) is 0. The van der Waals surface area contributed by atoms with Crippen molar-refractivity contribution in [3.05, 3.63) is 84.9 Å². The van der Waals surface area contributed by atoms with Crippen molar-refractivity contribution in [2.45, 2.75) is 0 Å². The van der Waals surface area contributed by atoms with Gasteiger partial charge in [-0.1, -0.05) is 60.7 Å². The maximum Gasteiger partial charge on any atom is 0.0464 e. The van der Waals surface area contributed by atoms with Crippen LogP contribution in [0.15, 0.2) is 84.9 Å². The maximum absolute atomic E-state index is 3.55. The number of benzene rings is 4. The number of rotatable bonds is 2. The molecule has 5 aromatic rings. The largest absolute Gasteiger partial charge is 0.355 e. The number of nitrogens with one attached hydrogen (secondary N) is 1. The van der Waals surface area contributed by atoms with Gasteiger partial charge >= 0.3 is 0 Å². The molecule has 1 heterocycles. The van der Waals surface area contributed by atoms with Gasteiger partial charge in [-0.3, -0.25) is 0 Å². The molecule has 1 N–H and O–H groups in total. The van der Waals surface area contributed by atoms with Crippen molar-refractivity contribution in [1.29, 1.82) is 0 Å². The Morgan fingerprint density at radius 1 is 0.542 bits per heavy atom. The third-order valence-corrected chi connectivity index (χ3v) is 5.67. The smallest absolute Gasteiger partial charge is 0.0464 e. The van der Waals surface area contributed by atoms with Gasteiger partial charge in [0.1, 0.15) is 0 Å². The first kappa shape index (κ1) is 13.6. The Hall–Kier alpha value is -2.84. The third-order valence-electron chi connectivity index (χ3n) is 4.45. The molecule has 5 rings (SSSR count). The lowest BCUT2D eigenvalue weighted by atomic mass is 10.0. The van der Waals surface area contributed by atoms with E-state index in [0.29, 0.717) is 0 Å². The lowest BCUT2D eigenvalue weighted by Gasteiger charge is -2.10. The first-order valence-electron chi connectivity index (χ1n) is 8.05. The highest BCUT2D eigenvalue weighted by Gasteiger charge is 2.10. The number of hydrogen-bond acceptors (Lipinski definition) is 2. The summed E-state index contributed by atoms with van der Waals surface area (Å²) in [7, 11) is 0. The molecule has 114 valence electrons. The Morgan fingerprint density at radius 2 is 1.25 bits per heavy atom. The molecule has 0 bridgehead atoms. The molecular weight excluding hydrogens is 310 g/mol. The van der Waals surface area contributed by atoms with Crippen LogP contribution in [0.1, 0.15) is 0 Å². The molecule has 0 spiro atoms. The second kappa shape index (κ2) is 5.36. The summed E-state index contributed by atoms with van der Waals surface area (Å²) in [5.41, 5.74) is 2.26. The molecule has 2 heteroatoms. The molecule has 0 radical (unpaired) electrons. The van der Waals surface area contributed by atoms with Crippen LogP contribution < -0.4 is 5.32 Å². The van der Waals surface area contributed by atoms with Crippen LogP contribution in [0.3, 0.4) is 0 Å². The lowest BCUT2D eigenvalue weighted by molar-refractivity contribution is 1.58. The van der Waals surface area contributed by atoms with Gasteiger partial charge in [0.25, 0.3) is 0 Å². The van der Waals surface area contributed by atoms with E-state index in [1.807, 2.05) is 17.4 Å². The van der Waals surface area contributed by atoms with Crippen molar-refractivity contribution < 1.29 is 0 Å². The Kier molecular flexibility index (Phi) is 3.03. The van der Waals surface area contributed by atoms with Gasteiger partial charge in [0.15, 0.2) is 0 Å². The fourth-order valence-corrected chi connectivity index (χ4v) is 4.56. The fraction of sp³-hybridized carbons (Fsp3) is 0. The molecule has 0 amide bonds. The van der Waals surface area contributed by atoms with Gasteiger partial charge < -0.3 is 5.32 Å². The minimum atomic E-state index is 1.11. The first-order valence-corrected chi connectivity index (χ1v) is 8.87. The standard InChI is InChI=1S/C22H15NS/c1-2-7-15(8-3-1)23-20-11-6-10-18-16(20)13-14-19-17-9-4-5-12-21(17)24-22(18)19/h1-14,23H. The predicted octanol–water partition coefficient (Wildman–Crippen LogP) is 6.95. The molecule has 1 nitrogen and oxygen atoms in total. The van der Waals surface area contributed by atoms with Crippen molar-refractivity contribution in [2.24, 2.45) is 0 Å². The summed E-state index contributed by atoms with van der Waals surface area (Å²) in [6.07, 6.45) is 0. The number of fused-ring (bicyclic) bond motifs is 5. The second-order valence-corrected chi connectivity index (χ2v) is 6.98. The topological polar surface area (TPSA) is 12.0 Å². The number of hydrogen-bond donors (Lipinski definition) is 1. The van der Waals surface area contributed by atoms with Crippen LogP contribution >= 0.6 is 11.3 Å². The van der Waals surface area contributed by atoms with Crippen molar-refractivity contribution in [1.82, 2.24) is 0 Å². The molecule has 24 heavy (non-hydrogen) atoms. The van der Waals surface area contributed by atoms with E-state index < -0.39 is 0 Å². The molecule has 0 saturated carbocycles. The van der Waals surface area contributed by atoms with E-state index >= 15 is 0 Å². The normalized spacial score (nSPS) is 11.3. The number of para-hydroxylation sites is 1. The third kappa shape index (κ3) is 2.08. The summed E-state index contributed by atoms with van der Waals surface area (Å²) >= 11 is 1.88. The minimum Gasteiger partial charge on any atom is -0.355 e. The van der Waals surface area contributed by atoms with E-state index in [2.05, 4.69) is 84.2 Å². The summed E-state index contributed by atoms with van der Waals surface area (Å²) in [6.45, 7) is 0. The molecule has 4 aromatic carbocycles. The van der Waals surface area contributed by atoms with E-state index in [-0.39, 0.29) is 0 Å². The van der Waals surface area contributed by atoms with E-state index in [1.54, 1.807) is 0 Å². The van der Waals surface area contributed by atoms with E-state index in [9.17, 15) is 0 Å². The summed E-state index contributed by atoms with van der Waals surface area (Å²) in [5, 5.41) is 8.82. The maximum atomic E-state index is 3.55. The van der Waals surface area contributed by atoms with Gasteiger partial charge in [-0.05, 0) is 24.3 Å². The van der Waals surface area contributed by atoms with Gasteiger partial charge in [-0.2, -0.15) is 0 Å². The summed E-state index contributed by atoms with van der Waals surface area (Å²) in [6, 6.07) is 30.0. The summed E-state index contributed by atoms with van der Waals surface area (Å²) in [5.74, 6) is 0. The molecular formula is C22H15NS. The predicted molar refractivity (Wildman–Crippen MR) is 107 cm³/mol. The van der Waals surface area contributed by atoms with Crippen LogP contribution in [0.25, 0.3) is 30.9 Å². The SMILES string of the molecule is c1ccc(Nc2cccc3c2ccc2c4ccccc4sc32)cc1. The van der Waals surface area contributed by atoms with E-state index in [4.69, 9.17) is 0 Å². The van der Waals surface area contributed by atoms with Crippen molar-refractivity contribution in [3.63, 3.8) is 0 Å². The van der Waals surface area contributed by atoms with Gasteiger partial charge in [0, 0.05) is 42.3 Å². The number of thiophene rings is 1. The highest BCUT2D eigenvalue weighted by atomic mass is 32.1. The van der Waals surface area contributed by atoms with Crippen LogP contribution in [0.2, 0.25) is 0 Å². The molecule has 0 saturated heterocycles. The second-order valence-electron chi connectivity index (χ2n) is 5.93. The Balaban J connectivity index is 1.77. The molecule has 0 aliphatic heterocycles. The Morgan fingerprint density at radius 3 is 2.17 bits per heavy atom. The average molecular weight is 325 g/mol. The van der Waals surface area contributed by atoms with Crippen LogP contribution in [-0.2, 0) is 0 Å². The first-order chi connectivity index (χ1) is 11.9. The van der Waals surface area contributed by atoms with E-state index in [0.717, 1.165) is 11.4 Å². The zero-order valence-corrected chi connectivity index (χ0v) is 13.8. The van der Waals surface area contributed by atoms with Crippen LogP contribution in [0.4, 0.5) is 11.4 Å². The lowest BCUT2D eigenvalue weighted by Crippen LogP contribution is -1.90. The fourth-order valence-electron chi connectivity index (χ4n) is 3.33. The number of anilines is 2. The Labute approximate surface area is 144 Å². The quantitative estimate of drug-likeness (QED) is 0.370. The minimum absolute atomic E-state index is 1.11. The Bertz CT molecular complexity index is 1170. The van der Waals surface area contributed by atoms with Crippen LogP contribution in [0.5, 0.6) is 0 Å². The summed E-state index contributed by atoms with van der Waals surface area (Å²) < 4.78 is 2.71. The molecule has 0 aliphatic rings. The highest BCUT2D eigenvalue weighted by Crippen LogP contribution is 2.40. The molecule has 0 fully saturated rings. The van der Waals surface area contributed by atoms with Crippen molar-refractivity contribution in [2.75, 3.05) is 5.32 Å². The average Bonchev–Trinajstić information content (AvgIpc) is 3.02.